The van der Waals surface area contributed by atoms with Crippen LogP contribution >= 0.6 is 0 Å². The van der Waals surface area contributed by atoms with Gasteiger partial charge in [0.1, 0.15) is 11.2 Å². The zero-order chi connectivity index (χ0) is 17.6. The number of rotatable bonds is 2. The number of benzene rings is 1. The van der Waals surface area contributed by atoms with Gasteiger partial charge in [0.25, 0.3) is 11.5 Å². The first-order chi connectivity index (χ1) is 12.1. The van der Waals surface area contributed by atoms with E-state index >= 15 is 0 Å². The molecule has 1 aliphatic rings. The maximum Gasteiger partial charge on any atom is 0.334 e. The van der Waals surface area contributed by atoms with Gasteiger partial charge in [0.05, 0.1) is 30.3 Å². The van der Waals surface area contributed by atoms with E-state index in [2.05, 4.69) is 10.1 Å². The van der Waals surface area contributed by atoms with Crippen LogP contribution in [0.4, 0.5) is 0 Å². The molecule has 1 saturated heterocycles. The van der Waals surface area contributed by atoms with Crippen LogP contribution in [-0.2, 0) is 9.53 Å². The molecule has 1 unspecified atom stereocenters. The largest absolute Gasteiger partial charge is 0.479 e. The number of nitrogens with zero attached hydrogens (tertiary/aromatic N) is 3. The fourth-order valence-corrected chi connectivity index (χ4v) is 2.99. The van der Waals surface area contributed by atoms with Crippen LogP contribution in [0, 0.1) is 0 Å². The molecule has 128 valence electrons. The van der Waals surface area contributed by atoms with Crippen LogP contribution in [0.3, 0.4) is 0 Å². The highest BCUT2D eigenvalue weighted by Gasteiger charge is 2.31. The van der Waals surface area contributed by atoms with Gasteiger partial charge in [-0.25, -0.2) is 9.31 Å². The van der Waals surface area contributed by atoms with E-state index in [4.69, 9.17) is 9.84 Å². The second kappa shape index (κ2) is 5.71. The number of hydrogen-bond acceptors (Lipinski definition) is 5. The van der Waals surface area contributed by atoms with E-state index in [1.165, 1.54) is 15.6 Å². The molecule has 0 spiro atoms. The molecule has 3 heterocycles. The summed E-state index contributed by atoms with van der Waals surface area (Å²) in [5, 5.41) is 13.7. The van der Waals surface area contributed by atoms with Gasteiger partial charge in [-0.3, -0.25) is 9.59 Å². The Labute approximate surface area is 140 Å². The summed E-state index contributed by atoms with van der Waals surface area (Å²) in [6.07, 6.45) is 0.324. The minimum atomic E-state index is -1.11. The van der Waals surface area contributed by atoms with Crippen LogP contribution in [0.1, 0.15) is 10.4 Å². The van der Waals surface area contributed by atoms with Gasteiger partial charge in [0.2, 0.25) is 0 Å². The van der Waals surface area contributed by atoms with Gasteiger partial charge in [-0.2, -0.15) is 5.10 Å². The summed E-state index contributed by atoms with van der Waals surface area (Å²) in [4.78, 5) is 40.2. The highest BCUT2D eigenvalue weighted by Crippen LogP contribution is 2.17. The van der Waals surface area contributed by atoms with Crippen LogP contribution in [0.25, 0.3) is 16.6 Å². The molecule has 2 N–H and O–H groups in total. The average molecular weight is 342 g/mol. The highest BCUT2D eigenvalue weighted by atomic mass is 16.5. The number of morpholine rings is 1. The molecule has 9 nitrogen and oxygen atoms in total. The molecule has 1 aromatic carbocycles. The van der Waals surface area contributed by atoms with Gasteiger partial charge in [-0.15, -0.1) is 0 Å². The van der Waals surface area contributed by atoms with Crippen LogP contribution in [0.2, 0.25) is 0 Å². The van der Waals surface area contributed by atoms with Gasteiger partial charge in [-0.05, 0) is 12.1 Å². The second-order valence-corrected chi connectivity index (χ2v) is 5.74. The number of amides is 1. The number of carbonyl (C=O) groups excluding carboxylic acids is 1. The zero-order valence-electron chi connectivity index (χ0n) is 13.0. The number of aromatic nitrogens is 3. The predicted molar refractivity (Wildman–Crippen MR) is 86.6 cm³/mol. The number of para-hydroxylation sites is 1. The van der Waals surface area contributed by atoms with Gasteiger partial charge in [-0.1, -0.05) is 12.1 Å². The zero-order valence-corrected chi connectivity index (χ0v) is 13.0. The van der Waals surface area contributed by atoms with E-state index < -0.39 is 18.0 Å². The first-order valence-electron chi connectivity index (χ1n) is 7.68. The Bertz CT molecular complexity index is 1050. The molecule has 1 amide bonds. The summed E-state index contributed by atoms with van der Waals surface area (Å²) in [5.41, 5.74) is 0.773. The number of H-pyrrole nitrogens is 1. The lowest BCUT2D eigenvalue weighted by Crippen LogP contribution is -2.48. The third-order valence-electron chi connectivity index (χ3n) is 4.24. The number of carboxylic acid groups (broad SMARTS) is 1. The Balaban J connectivity index is 1.78. The van der Waals surface area contributed by atoms with E-state index in [-0.39, 0.29) is 36.5 Å². The number of hydrogen-bond donors (Lipinski definition) is 2. The minimum Gasteiger partial charge on any atom is -0.479 e. The van der Waals surface area contributed by atoms with Crippen LogP contribution in [0.15, 0.2) is 35.3 Å². The molecule has 1 fully saturated rings. The van der Waals surface area contributed by atoms with Gasteiger partial charge in [0.15, 0.2) is 6.10 Å². The summed E-state index contributed by atoms with van der Waals surface area (Å²) in [5.74, 6) is -1.51. The summed E-state index contributed by atoms with van der Waals surface area (Å²) < 4.78 is 6.63. The molecule has 3 aromatic rings. The van der Waals surface area contributed by atoms with Gasteiger partial charge >= 0.3 is 5.97 Å². The van der Waals surface area contributed by atoms with Gasteiger partial charge in [0, 0.05) is 6.54 Å². The molecular formula is C16H14N4O5. The Kier molecular flexibility index (Phi) is 3.50. The van der Waals surface area contributed by atoms with Crippen molar-refractivity contribution >= 4 is 28.4 Å². The third-order valence-corrected chi connectivity index (χ3v) is 4.24. The quantitative estimate of drug-likeness (QED) is 0.682. The molecule has 25 heavy (non-hydrogen) atoms. The van der Waals surface area contributed by atoms with E-state index in [0.29, 0.717) is 10.9 Å². The Morgan fingerprint density at radius 3 is 2.92 bits per heavy atom. The minimum absolute atomic E-state index is 0.0523. The van der Waals surface area contributed by atoms with E-state index in [9.17, 15) is 14.4 Å². The number of carboxylic acids is 1. The monoisotopic (exact) mass is 342 g/mol. The van der Waals surface area contributed by atoms with Crippen molar-refractivity contribution < 1.29 is 19.4 Å². The van der Waals surface area contributed by atoms with Crippen LogP contribution < -0.4 is 5.56 Å². The Morgan fingerprint density at radius 1 is 1.32 bits per heavy atom. The molecule has 1 atom stereocenters. The number of fused-ring (bicyclic) bond motifs is 3. The molecule has 0 aliphatic carbocycles. The molecule has 1 aliphatic heterocycles. The molecular weight excluding hydrogens is 328 g/mol. The first-order valence-corrected chi connectivity index (χ1v) is 7.68. The Morgan fingerprint density at radius 2 is 2.12 bits per heavy atom. The lowest BCUT2D eigenvalue weighted by Gasteiger charge is -2.30. The van der Waals surface area contributed by atoms with E-state index in [0.717, 1.165) is 0 Å². The fraction of sp³-hybridized carbons (Fsp3) is 0.250. The molecule has 4 rings (SSSR count). The fourth-order valence-electron chi connectivity index (χ4n) is 2.99. The molecule has 2 aromatic heterocycles. The summed E-state index contributed by atoms with van der Waals surface area (Å²) in [7, 11) is 0. The van der Waals surface area contributed by atoms with Crippen molar-refractivity contribution in [2.24, 2.45) is 0 Å². The molecule has 0 bridgehead atoms. The van der Waals surface area contributed by atoms with Gasteiger partial charge < -0.3 is 19.7 Å². The van der Waals surface area contributed by atoms with Crippen LogP contribution in [0.5, 0.6) is 0 Å². The van der Waals surface area contributed by atoms with Crippen molar-refractivity contribution in [3.05, 3.63) is 46.4 Å². The number of aliphatic carboxylic acids is 1. The number of aromatic amines is 1. The number of carbonyl (C=O) groups is 2. The summed E-state index contributed by atoms with van der Waals surface area (Å²) in [6, 6.07) is 6.95. The summed E-state index contributed by atoms with van der Waals surface area (Å²) in [6.45, 7) is 0.364. The van der Waals surface area contributed by atoms with Crippen molar-refractivity contribution in [3.8, 4) is 0 Å². The highest BCUT2D eigenvalue weighted by molar-refractivity contribution is 6.00. The maximum absolute atomic E-state index is 12.8. The normalized spacial score (nSPS) is 17.9. The topological polar surface area (TPSA) is 117 Å². The average Bonchev–Trinajstić information content (AvgIpc) is 3.05. The van der Waals surface area contributed by atoms with Crippen molar-refractivity contribution in [1.29, 1.82) is 0 Å². The first kappa shape index (κ1) is 15.3. The second-order valence-electron chi connectivity index (χ2n) is 5.74. The number of nitrogens with one attached hydrogen (secondary N) is 1. The lowest BCUT2D eigenvalue weighted by atomic mass is 10.2. The summed E-state index contributed by atoms with van der Waals surface area (Å²) >= 11 is 0. The van der Waals surface area contributed by atoms with E-state index in [1.807, 2.05) is 0 Å². The van der Waals surface area contributed by atoms with Crippen LogP contribution in [-0.4, -0.2) is 62.3 Å². The SMILES string of the molecule is O=C(O)C1CN(C(=O)c2cnn3c2[nH]c(=O)c2ccccc23)CCO1. The number of ether oxygens (including phenoxy) is 1. The molecule has 0 radical (unpaired) electrons. The van der Waals surface area contributed by atoms with Crippen molar-refractivity contribution in [2.45, 2.75) is 6.10 Å². The third kappa shape index (κ3) is 2.45. The standard InChI is InChI=1S/C16H14N4O5/c21-14-9-3-1-2-4-11(9)20-13(18-14)10(7-17-20)15(22)19-5-6-25-12(8-19)16(23)24/h1-4,7,12H,5-6,8H2,(H,18,21)(H,23,24). The lowest BCUT2D eigenvalue weighted by molar-refractivity contribution is -0.154. The molecule has 0 saturated carbocycles. The molecule has 9 heteroatoms. The van der Waals surface area contributed by atoms with Crippen molar-refractivity contribution in [1.82, 2.24) is 19.5 Å². The Hall–Kier alpha value is -3.20. The maximum atomic E-state index is 12.8. The predicted octanol–water partition coefficient (Wildman–Crippen LogP) is 0.101. The van der Waals surface area contributed by atoms with Crippen molar-refractivity contribution in [2.75, 3.05) is 19.7 Å². The smallest absolute Gasteiger partial charge is 0.334 e. The van der Waals surface area contributed by atoms with E-state index in [1.54, 1.807) is 24.3 Å². The van der Waals surface area contributed by atoms with Crippen molar-refractivity contribution in [3.63, 3.8) is 0 Å².